The highest BCUT2D eigenvalue weighted by molar-refractivity contribution is 7.14. The van der Waals surface area contributed by atoms with Gasteiger partial charge in [-0.05, 0) is 20.9 Å². The summed E-state index contributed by atoms with van der Waals surface area (Å²) in [6, 6.07) is 1.13. The van der Waals surface area contributed by atoms with Crippen LogP contribution >= 0.6 is 22.9 Å². The van der Waals surface area contributed by atoms with Crippen LogP contribution in [0.2, 0.25) is 5.15 Å². The molecule has 2 heterocycles. The summed E-state index contributed by atoms with van der Waals surface area (Å²) in [5.74, 6) is 0. The fourth-order valence-corrected chi connectivity index (χ4v) is 2.92. The van der Waals surface area contributed by atoms with E-state index in [9.17, 15) is 0 Å². The number of halogens is 1. The van der Waals surface area contributed by atoms with Gasteiger partial charge in [-0.25, -0.2) is 4.98 Å². The molecular formula is C10H16ClN3S. The van der Waals surface area contributed by atoms with Crippen LogP contribution in [0.15, 0.2) is 5.38 Å². The molecule has 0 aromatic carbocycles. The summed E-state index contributed by atoms with van der Waals surface area (Å²) in [6.45, 7) is 6.56. The third-order valence-electron chi connectivity index (χ3n) is 3.09. The molecule has 15 heavy (non-hydrogen) atoms. The lowest BCUT2D eigenvalue weighted by Crippen LogP contribution is -2.55. The minimum absolute atomic E-state index is 0.566. The van der Waals surface area contributed by atoms with E-state index in [4.69, 9.17) is 11.6 Å². The zero-order chi connectivity index (χ0) is 11.0. The van der Waals surface area contributed by atoms with E-state index < -0.39 is 0 Å². The van der Waals surface area contributed by atoms with Gasteiger partial charge in [-0.15, -0.1) is 11.3 Å². The van der Waals surface area contributed by atoms with Gasteiger partial charge >= 0.3 is 0 Å². The molecule has 1 aliphatic heterocycles. The van der Waals surface area contributed by atoms with Crippen molar-refractivity contribution in [1.29, 1.82) is 0 Å². The van der Waals surface area contributed by atoms with Crippen LogP contribution in [-0.4, -0.2) is 42.1 Å². The molecule has 0 unspecified atom stereocenters. The van der Waals surface area contributed by atoms with Crippen molar-refractivity contribution in [3.63, 3.8) is 0 Å². The molecule has 1 aromatic rings. The van der Waals surface area contributed by atoms with Gasteiger partial charge in [0, 0.05) is 30.6 Å². The maximum Gasteiger partial charge on any atom is 0.186 e. The first-order valence-electron chi connectivity index (χ1n) is 5.16. The summed E-state index contributed by atoms with van der Waals surface area (Å²) in [7, 11) is 2.18. The molecule has 1 aromatic heterocycles. The summed E-state index contributed by atoms with van der Waals surface area (Å²) < 4.78 is 0. The first-order valence-corrected chi connectivity index (χ1v) is 6.41. The summed E-state index contributed by atoms with van der Waals surface area (Å²) in [4.78, 5) is 9.05. The molecule has 0 spiro atoms. The SMILES string of the molecule is C[C@@H]1CN(c2nc(Cl)cs2)C[C@H](C)N1C. The number of thiazole rings is 1. The van der Waals surface area contributed by atoms with Gasteiger partial charge in [-0.3, -0.25) is 4.90 Å². The van der Waals surface area contributed by atoms with Crippen molar-refractivity contribution in [3.05, 3.63) is 10.5 Å². The largest absolute Gasteiger partial charge is 0.345 e. The van der Waals surface area contributed by atoms with Crippen LogP contribution in [-0.2, 0) is 0 Å². The lowest BCUT2D eigenvalue weighted by molar-refractivity contribution is 0.170. The number of hydrogen-bond donors (Lipinski definition) is 0. The molecule has 5 heteroatoms. The van der Waals surface area contributed by atoms with E-state index in [1.165, 1.54) is 0 Å². The molecule has 0 amide bonds. The van der Waals surface area contributed by atoms with Gasteiger partial charge in [0.1, 0.15) is 5.15 Å². The van der Waals surface area contributed by atoms with Crippen molar-refractivity contribution in [2.45, 2.75) is 25.9 Å². The highest BCUT2D eigenvalue weighted by Crippen LogP contribution is 2.26. The monoisotopic (exact) mass is 245 g/mol. The van der Waals surface area contributed by atoms with E-state index in [0.29, 0.717) is 17.2 Å². The van der Waals surface area contributed by atoms with Gasteiger partial charge in [0.25, 0.3) is 0 Å². The first-order chi connectivity index (χ1) is 7.08. The molecule has 2 rings (SSSR count). The van der Waals surface area contributed by atoms with Crippen molar-refractivity contribution in [2.75, 3.05) is 25.0 Å². The normalized spacial score (nSPS) is 28.4. The van der Waals surface area contributed by atoms with Crippen LogP contribution in [0.25, 0.3) is 0 Å². The van der Waals surface area contributed by atoms with Gasteiger partial charge < -0.3 is 4.90 Å². The Morgan fingerprint density at radius 2 is 2.00 bits per heavy atom. The zero-order valence-corrected chi connectivity index (χ0v) is 10.8. The van der Waals surface area contributed by atoms with Crippen molar-refractivity contribution >= 4 is 28.1 Å². The number of anilines is 1. The minimum Gasteiger partial charge on any atom is -0.345 e. The molecule has 0 radical (unpaired) electrons. The van der Waals surface area contributed by atoms with E-state index in [1.807, 2.05) is 5.38 Å². The first kappa shape index (κ1) is 11.2. The maximum absolute atomic E-state index is 5.84. The van der Waals surface area contributed by atoms with Crippen molar-refractivity contribution in [3.8, 4) is 0 Å². The Morgan fingerprint density at radius 3 is 2.47 bits per heavy atom. The predicted molar refractivity (Wildman–Crippen MR) is 66.0 cm³/mol. The fraction of sp³-hybridized carbons (Fsp3) is 0.700. The number of rotatable bonds is 1. The zero-order valence-electron chi connectivity index (χ0n) is 9.27. The smallest absolute Gasteiger partial charge is 0.186 e. The van der Waals surface area contributed by atoms with Gasteiger partial charge in [-0.1, -0.05) is 11.6 Å². The highest BCUT2D eigenvalue weighted by atomic mass is 35.5. The van der Waals surface area contributed by atoms with Crippen LogP contribution in [0, 0.1) is 0 Å². The number of hydrogen-bond acceptors (Lipinski definition) is 4. The minimum atomic E-state index is 0.566. The molecule has 0 saturated carbocycles. The van der Waals surface area contributed by atoms with Crippen LogP contribution in [0.1, 0.15) is 13.8 Å². The lowest BCUT2D eigenvalue weighted by Gasteiger charge is -2.42. The lowest BCUT2D eigenvalue weighted by atomic mass is 10.1. The highest BCUT2D eigenvalue weighted by Gasteiger charge is 2.27. The molecule has 3 nitrogen and oxygen atoms in total. The van der Waals surface area contributed by atoms with Crippen LogP contribution in [0.4, 0.5) is 5.13 Å². The average molecular weight is 246 g/mol. The third kappa shape index (κ3) is 2.27. The second kappa shape index (κ2) is 4.28. The molecule has 84 valence electrons. The Bertz CT molecular complexity index is 329. The summed E-state index contributed by atoms with van der Waals surface area (Å²) in [6.07, 6.45) is 0. The molecule has 1 aliphatic rings. The number of nitrogens with zero attached hydrogens (tertiary/aromatic N) is 3. The quantitative estimate of drug-likeness (QED) is 0.757. The Morgan fingerprint density at radius 1 is 1.40 bits per heavy atom. The second-order valence-electron chi connectivity index (χ2n) is 4.22. The van der Waals surface area contributed by atoms with E-state index in [2.05, 4.69) is 35.7 Å². The van der Waals surface area contributed by atoms with Crippen molar-refractivity contribution < 1.29 is 0 Å². The molecule has 0 N–H and O–H groups in total. The van der Waals surface area contributed by atoms with E-state index in [0.717, 1.165) is 18.2 Å². The van der Waals surface area contributed by atoms with Crippen molar-refractivity contribution in [2.24, 2.45) is 0 Å². The Balaban J connectivity index is 2.12. The Hall–Kier alpha value is -0.320. The standard InChI is InChI=1S/C10H16ClN3S/c1-7-4-14(5-8(2)13(7)3)10-12-9(11)6-15-10/h6-8H,4-5H2,1-3H3/t7-,8+. The number of aromatic nitrogens is 1. The third-order valence-corrected chi connectivity index (χ3v) is 4.32. The summed E-state index contributed by atoms with van der Waals surface area (Å²) in [5.41, 5.74) is 0. The van der Waals surface area contributed by atoms with E-state index in [-0.39, 0.29) is 0 Å². The topological polar surface area (TPSA) is 19.4 Å². The number of likely N-dealkylation sites (N-methyl/N-ethyl adjacent to an activating group) is 1. The summed E-state index contributed by atoms with van der Waals surface area (Å²) in [5, 5.41) is 3.55. The molecule has 2 atom stereocenters. The fourth-order valence-electron chi connectivity index (χ4n) is 1.95. The van der Waals surface area contributed by atoms with E-state index >= 15 is 0 Å². The molecule has 1 saturated heterocycles. The maximum atomic E-state index is 5.84. The van der Waals surface area contributed by atoms with Gasteiger partial charge in [0.05, 0.1) is 0 Å². The van der Waals surface area contributed by atoms with Crippen LogP contribution in [0.5, 0.6) is 0 Å². The second-order valence-corrected chi connectivity index (χ2v) is 5.45. The molecule has 0 aliphatic carbocycles. The van der Waals surface area contributed by atoms with Gasteiger partial charge in [-0.2, -0.15) is 0 Å². The van der Waals surface area contributed by atoms with Crippen molar-refractivity contribution in [1.82, 2.24) is 9.88 Å². The average Bonchev–Trinajstić information content (AvgIpc) is 2.60. The molecular weight excluding hydrogens is 230 g/mol. The van der Waals surface area contributed by atoms with E-state index in [1.54, 1.807) is 11.3 Å². The molecule has 1 fully saturated rings. The Labute approximate surface area is 99.7 Å². The van der Waals surface area contributed by atoms with Gasteiger partial charge in [0.15, 0.2) is 5.13 Å². The predicted octanol–water partition coefficient (Wildman–Crippen LogP) is 2.33. The van der Waals surface area contributed by atoms with Crippen LogP contribution in [0.3, 0.4) is 0 Å². The Kier molecular flexibility index (Phi) is 3.19. The van der Waals surface area contributed by atoms with Gasteiger partial charge in [0.2, 0.25) is 0 Å². The molecule has 0 bridgehead atoms. The van der Waals surface area contributed by atoms with Crippen LogP contribution < -0.4 is 4.90 Å². The number of piperazine rings is 1. The summed E-state index contributed by atoms with van der Waals surface area (Å²) >= 11 is 7.47.